The van der Waals surface area contributed by atoms with Gasteiger partial charge in [-0.1, -0.05) is 66.2 Å². The summed E-state index contributed by atoms with van der Waals surface area (Å²) in [5.74, 6) is 1.23. The molecule has 258 valence electrons. The van der Waals surface area contributed by atoms with E-state index in [0.717, 1.165) is 67.6 Å². The molecule has 1 aliphatic carbocycles. The van der Waals surface area contributed by atoms with Gasteiger partial charge in [0.1, 0.15) is 11.4 Å². The van der Waals surface area contributed by atoms with E-state index in [-0.39, 0.29) is 6.61 Å². The lowest BCUT2D eigenvalue weighted by atomic mass is 9.98. The maximum Gasteiger partial charge on any atom is 0.237 e. The molecule has 3 atom stereocenters. The molecule has 1 saturated carbocycles. The third-order valence-corrected chi connectivity index (χ3v) is 10.1. The number of hydrogen-bond donors (Lipinski definition) is 4. The lowest BCUT2D eigenvalue weighted by Crippen LogP contribution is -2.40. The summed E-state index contributed by atoms with van der Waals surface area (Å²) in [6, 6.07) is 12.2. The summed E-state index contributed by atoms with van der Waals surface area (Å²) in [6.07, 6.45) is 9.73. The first kappa shape index (κ1) is 35.0. The number of nitrogens with zero attached hydrogens (tertiary/aromatic N) is 4. The molecule has 2 aromatic carbocycles. The predicted octanol–water partition coefficient (Wildman–Crippen LogP) is 6.59. The van der Waals surface area contributed by atoms with Gasteiger partial charge in [-0.2, -0.15) is 0 Å². The van der Waals surface area contributed by atoms with Gasteiger partial charge in [-0.25, -0.2) is 9.97 Å². The summed E-state index contributed by atoms with van der Waals surface area (Å²) in [5.41, 5.74) is 6.62. The maximum atomic E-state index is 9.47. The molecule has 6 rings (SSSR count). The lowest BCUT2D eigenvalue weighted by Gasteiger charge is -2.26. The Kier molecular flexibility index (Phi) is 11.6. The zero-order valence-electron chi connectivity index (χ0n) is 27.9. The Morgan fingerprint density at radius 2 is 1.45 bits per heavy atom. The first-order valence-corrected chi connectivity index (χ1v) is 17.5. The number of hydrogen-bond acceptors (Lipinski definition) is 10. The number of aliphatic hydroxyl groups is 1. The van der Waals surface area contributed by atoms with Crippen LogP contribution in [0.3, 0.4) is 0 Å². The summed E-state index contributed by atoms with van der Waals surface area (Å²) >= 11 is 14.2. The van der Waals surface area contributed by atoms with E-state index < -0.39 is 0 Å². The van der Waals surface area contributed by atoms with E-state index in [1.165, 1.54) is 0 Å². The van der Waals surface area contributed by atoms with Crippen molar-refractivity contribution in [1.29, 1.82) is 0 Å². The molecule has 4 aromatic rings. The van der Waals surface area contributed by atoms with Crippen molar-refractivity contribution in [3.05, 3.63) is 82.5 Å². The van der Waals surface area contributed by atoms with E-state index >= 15 is 0 Å². The van der Waals surface area contributed by atoms with Crippen molar-refractivity contribution in [3.8, 4) is 45.4 Å². The SMILES string of the molecule is C=C1CCC[C@@H](CNCc2ncc(-c3cccc(-c4cccc(-c5cnc(CN[C@H]6CC[C@@H](CO)C6)c(OC)n5)c4Cl)c3Cl)nc2OC)N1. The summed E-state index contributed by atoms with van der Waals surface area (Å²) in [4.78, 5) is 18.9. The van der Waals surface area contributed by atoms with Crippen LogP contribution in [0, 0.1) is 5.92 Å². The van der Waals surface area contributed by atoms with Crippen LogP contribution < -0.4 is 25.4 Å². The fourth-order valence-electron chi connectivity index (χ4n) is 6.68. The van der Waals surface area contributed by atoms with E-state index in [2.05, 4.69) is 27.5 Å². The van der Waals surface area contributed by atoms with Crippen molar-refractivity contribution in [2.24, 2.45) is 5.92 Å². The van der Waals surface area contributed by atoms with Crippen molar-refractivity contribution < 1.29 is 14.6 Å². The summed E-state index contributed by atoms with van der Waals surface area (Å²) < 4.78 is 11.3. The van der Waals surface area contributed by atoms with Gasteiger partial charge >= 0.3 is 0 Å². The molecule has 0 amide bonds. The first-order valence-electron chi connectivity index (χ1n) is 16.8. The Balaban J connectivity index is 1.20. The number of benzene rings is 2. The molecule has 1 aliphatic heterocycles. The summed E-state index contributed by atoms with van der Waals surface area (Å²) in [7, 11) is 3.18. The second-order valence-electron chi connectivity index (χ2n) is 12.7. The number of piperidine rings is 1. The highest BCUT2D eigenvalue weighted by Gasteiger charge is 2.25. The van der Waals surface area contributed by atoms with E-state index in [9.17, 15) is 5.11 Å². The third-order valence-electron chi connectivity index (χ3n) is 9.33. The molecule has 0 spiro atoms. The van der Waals surface area contributed by atoms with Crippen LogP contribution >= 0.6 is 23.2 Å². The van der Waals surface area contributed by atoms with Crippen molar-refractivity contribution in [3.63, 3.8) is 0 Å². The second kappa shape index (κ2) is 16.3. The van der Waals surface area contributed by atoms with Gasteiger partial charge in [0.05, 0.1) is 48.0 Å². The minimum Gasteiger partial charge on any atom is -0.480 e. The molecule has 4 N–H and O–H groups in total. The van der Waals surface area contributed by atoms with Crippen LogP contribution in [-0.4, -0.2) is 64.5 Å². The average molecular weight is 705 g/mol. The van der Waals surface area contributed by atoms with Gasteiger partial charge in [-0.3, -0.25) is 9.97 Å². The normalized spacial score (nSPS) is 19.1. The molecule has 1 saturated heterocycles. The van der Waals surface area contributed by atoms with Crippen molar-refractivity contribution in [2.75, 3.05) is 27.4 Å². The highest BCUT2D eigenvalue weighted by Crippen LogP contribution is 2.42. The van der Waals surface area contributed by atoms with Crippen LogP contribution in [0.15, 0.2) is 61.1 Å². The van der Waals surface area contributed by atoms with E-state index in [1.54, 1.807) is 26.6 Å². The van der Waals surface area contributed by atoms with E-state index in [4.69, 9.17) is 47.6 Å². The van der Waals surface area contributed by atoms with Crippen LogP contribution in [-0.2, 0) is 13.1 Å². The molecular formula is C37H43Cl2N7O3. The zero-order chi connectivity index (χ0) is 34.3. The molecule has 2 aromatic heterocycles. The maximum absolute atomic E-state index is 9.47. The molecular weight excluding hydrogens is 661 g/mol. The molecule has 2 aliphatic rings. The van der Waals surface area contributed by atoms with Crippen molar-refractivity contribution in [1.82, 2.24) is 35.9 Å². The fourth-order valence-corrected chi connectivity index (χ4v) is 7.33. The fraction of sp³-hybridized carbons (Fsp3) is 0.405. The standard InChI is InChI=1S/C37H43Cl2N7O3/c1-22-7-4-8-25(44-22)16-40-17-32-36(48-2)45-30(18-42-32)28-11-5-9-26(34(28)38)27-10-6-12-29(35(27)39)31-19-43-33(37(46-31)49-3)20-41-24-14-13-23(15-24)21-47/h5-6,9-12,18-19,23-25,40-41,44,47H,1,4,7-8,13-17,20-21H2,2-3H3/t23-,24+,25+/m1/s1. The molecule has 3 heterocycles. The molecule has 10 nitrogen and oxygen atoms in total. The molecule has 49 heavy (non-hydrogen) atoms. The van der Waals surface area contributed by atoms with Crippen LogP contribution in [0.25, 0.3) is 33.6 Å². The molecule has 0 bridgehead atoms. The Hall–Kier alpha value is -3.80. The topological polar surface area (TPSA) is 126 Å². The highest BCUT2D eigenvalue weighted by atomic mass is 35.5. The quantitative estimate of drug-likeness (QED) is 0.121. The van der Waals surface area contributed by atoms with Gasteiger partial charge in [0.15, 0.2) is 0 Å². The highest BCUT2D eigenvalue weighted by molar-refractivity contribution is 6.39. The Labute approximate surface area is 297 Å². The first-order chi connectivity index (χ1) is 23.9. The lowest BCUT2D eigenvalue weighted by molar-refractivity contribution is 0.227. The second-order valence-corrected chi connectivity index (χ2v) is 13.4. The molecule has 2 fully saturated rings. The monoisotopic (exact) mass is 703 g/mol. The smallest absolute Gasteiger partial charge is 0.237 e. The molecule has 0 unspecified atom stereocenters. The van der Waals surface area contributed by atoms with Crippen molar-refractivity contribution in [2.45, 2.75) is 63.7 Å². The number of nitrogens with one attached hydrogen (secondary N) is 3. The summed E-state index contributed by atoms with van der Waals surface area (Å²) in [5, 5.41) is 20.9. The third kappa shape index (κ3) is 8.16. The number of ether oxygens (including phenoxy) is 2. The van der Waals surface area contributed by atoms with Gasteiger partial charge in [0, 0.05) is 66.3 Å². The van der Waals surface area contributed by atoms with Crippen molar-refractivity contribution >= 4 is 23.2 Å². The largest absolute Gasteiger partial charge is 0.480 e. The van der Waals surface area contributed by atoms with Crippen LogP contribution in [0.1, 0.15) is 49.9 Å². The van der Waals surface area contributed by atoms with E-state index in [1.807, 2.05) is 36.4 Å². The summed E-state index contributed by atoms with van der Waals surface area (Å²) in [6.45, 7) is 6.14. The Morgan fingerprint density at radius 3 is 2.00 bits per heavy atom. The predicted molar refractivity (Wildman–Crippen MR) is 194 cm³/mol. The number of halogens is 2. The number of allylic oxidation sites excluding steroid dienone is 1. The minimum atomic E-state index is 0.232. The van der Waals surface area contributed by atoms with Gasteiger partial charge in [0.25, 0.3) is 0 Å². The number of aromatic nitrogens is 4. The van der Waals surface area contributed by atoms with Gasteiger partial charge in [-0.15, -0.1) is 0 Å². The Morgan fingerprint density at radius 1 is 0.857 bits per heavy atom. The van der Waals surface area contributed by atoms with Gasteiger partial charge in [-0.05, 0) is 44.4 Å². The zero-order valence-corrected chi connectivity index (χ0v) is 29.4. The average Bonchev–Trinajstić information content (AvgIpc) is 3.59. The van der Waals surface area contributed by atoms with Crippen LogP contribution in [0.4, 0.5) is 0 Å². The number of aliphatic hydroxyl groups excluding tert-OH is 1. The van der Waals surface area contributed by atoms with E-state index in [0.29, 0.717) is 81.1 Å². The van der Waals surface area contributed by atoms with Crippen LogP contribution in [0.2, 0.25) is 10.0 Å². The van der Waals surface area contributed by atoms with Gasteiger partial charge in [0.2, 0.25) is 11.8 Å². The minimum absolute atomic E-state index is 0.232. The molecule has 12 heteroatoms. The van der Waals surface area contributed by atoms with Crippen LogP contribution in [0.5, 0.6) is 11.8 Å². The molecule has 0 radical (unpaired) electrons. The number of methoxy groups -OCH3 is 2. The Bertz CT molecular complexity index is 1790. The number of rotatable bonds is 13. The van der Waals surface area contributed by atoms with Gasteiger partial charge < -0.3 is 30.5 Å².